The van der Waals surface area contributed by atoms with Crippen molar-refractivity contribution in [3.63, 3.8) is 0 Å². The average Bonchev–Trinajstić information content (AvgIpc) is 3.52. The van der Waals surface area contributed by atoms with Crippen molar-refractivity contribution in [1.82, 2.24) is 0 Å². The van der Waals surface area contributed by atoms with Gasteiger partial charge in [-0.1, -0.05) is 0 Å². The second-order valence-electron chi connectivity index (χ2n) is 14.5. The molecular formula is C38H52O25. The van der Waals surface area contributed by atoms with E-state index in [2.05, 4.69) is 0 Å². The molecule has 25 nitrogen and oxygen atoms in total. The van der Waals surface area contributed by atoms with Crippen LogP contribution in [0, 0.1) is 0 Å². The number of hydrogen-bond acceptors (Lipinski definition) is 25. The third kappa shape index (κ3) is 14.2. The third-order valence-electron chi connectivity index (χ3n) is 9.18. The predicted octanol–water partition coefficient (Wildman–Crippen LogP) is -1.03. The fraction of sp³-hybridized carbons (Fsp3) is 0.763. The zero-order chi connectivity index (χ0) is 46.9. The first-order valence-corrected chi connectivity index (χ1v) is 19.6. The lowest BCUT2D eigenvalue weighted by atomic mass is 9.96. The first-order valence-electron chi connectivity index (χ1n) is 19.6. The van der Waals surface area contributed by atoms with Crippen LogP contribution in [0.25, 0.3) is 0 Å². The Bertz CT molecular complexity index is 1700. The first kappa shape index (κ1) is 50.6. The van der Waals surface area contributed by atoms with Crippen LogP contribution in [-0.2, 0) is 119 Å². The van der Waals surface area contributed by atoms with Crippen molar-refractivity contribution in [2.24, 2.45) is 0 Å². The molecule has 0 saturated carbocycles. The van der Waals surface area contributed by atoms with Gasteiger partial charge in [-0.25, -0.2) is 0 Å². The molecule has 4 saturated heterocycles. The lowest BCUT2D eigenvalue weighted by Crippen LogP contribution is -2.66. The molecule has 63 heavy (non-hydrogen) atoms. The van der Waals surface area contributed by atoms with Crippen LogP contribution in [-0.4, -0.2) is 172 Å². The molecule has 16 atom stereocenters. The number of fused-ring (bicyclic) bond motifs is 1. The predicted molar refractivity (Wildman–Crippen MR) is 194 cm³/mol. The molecule has 0 aliphatic carbocycles. The van der Waals surface area contributed by atoms with Crippen LogP contribution in [0.1, 0.15) is 69.2 Å². The molecule has 0 aromatic carbocycles. The van der Waals surface area contributed by atoms with Gasteiger partial charge >= 0.3 is 53.7 Å². The number of carbonyl (C=O) groups is 9. The minimum atomic E-state index is -1.80. The van der Waals surface area contributed by atoms with Crippen LogP contribution < -0.4 is 0 Å². The monoisotopic (exact) mass is 908 g/mol. The van der Waals surface area contributed by atoms with Gasteiger partial charge in [0.05, 0.1) is 6.61 Å². The molecule has 0 radical (unpaired) electrons. The zero-order valence-corrected chi connectivity index (χ0v) is 36.1. The fourth-order valence-electron chi connectivity index (χ4n) is 7.16. The van der Waals surface area contributed by atoms with Crippen molar-refractivity contribution in [3.05, 3.63) is 0 Å². The molecule has 4 aliphatic rings. The first-order chi connectivity index (χ1) is 29.5. The van der Waals surface area contributed by atoms with E-state index in [9.17, 15) is 43.2 Å². The summed E-state index contributed by atoms with van der Waals surface area (Å²) in [5, 5.41) is 0. The molecule has 4 fully saturated rings. The highest BCUT2D eigenvalue weighted by Crippen LogP contribution is 2.39. The van der Waals surface area contributed by atoms with Crippen LogP contribution in [0.4, 0.5) is 0 Å². The second kappa shape index (κ2) is 22.5. The Morgan fingerprint density at radius 2 is 0.714 bits per heavy atom. The number of ether oxygens (including phenoxy) is 16. The maximum absolute atomic E-state index is 12.8. The third-order valence-corrected chi connectivity index (χ3v) is 9.18. The molecule has 25 heteroatoms. The maximum atomic E-state index is 12.8. The summed E-state index contributed by atoms with van der Waals surface area (Å²) in [7, 11) is 0. The quantitative estimate of drug-likeness (QED) is 0.132. The Morgan fingerprint density at radius 3 is 1.13 bits per heavy atom. The highest BCUT2D eigenvalue weighted by atomic mass is 16.8. The van der Waals surface area contributed by atoms with Crippen LogP contribution in [0.15, 0.2) is 0 Å². The van der Waals surface area contributed by atoms with Crippen LogP contribution in [0.3, 0.4) is 0 Å². The molecule has 0 N–H and O–H groups in total. The summed E-state index contributed by atoms with van der Waals surface area (Å²) < 4.78 is 91.6. The summed E-state index contributed by atoms with van der Waals surface area (Å²) in [5.74, 6) is -7.79. The van der Waals surface area contributed by atoms with E-state index in [1.807, 2.05) is 0 Å². The van der Waals surface area contributed by atoms with Crippen LogP contribution in [0.5, 0.6) is 0 Å². The Labute approximate surface area is 359 Å². The van der Waals surface area contributed by atoms with Gasteiger partial charge < -0.3 is 75.8 Å². The van der Waals surface area contributed by atoms with E-state index in [1.54, 1.807) is 0 Å². The molecule has 4 heterocycles. The minimum Gasteiger partial charge on any atom is -0.463 e. The molecular weight excluding hydrogens is 856 g/mol. The normalized spacial score (nSPS) is 34.8. The summed E-state index contributed by atoms with van der Waals surface area (Å²) in [6.07, 6.45) is -24.0. The Balaban J connectivity index is 1.76. The smallest absolute Gasteiger partial charge is 0.303 e. The van der Waals surface area contributed by atoms with Gasteiger partial charge in [-0.3, -0.25) is 43.2 Å². The average molecular weight is 909 g/mol. The van der Waals surface area contributed by atoms with Gasteiger partial charge in [-0.2, -0.15) is 0 Å². The van der Waals surface area contributed by atoms with Crippen LogP contribution in [0.2, 0.25) is 0 Å². The van der Waals surface area contributed by atoms with Gasteiger partial charge in [0, 0.05) is 62.3 Å². The fourth-order valence-corrected chi connectivity index (χ4v) is 7.16. The number of esters is 9. The van der Waals surface area contributed by atoms with Gasteiger partial charge in [0.1, 0.15) is 43.7 Å². The number of carbonyl (C=O) groups excluding carboxylic acids is 9. The Hall–Kier alpha value is -5.05. The molecule has 4 rings (SSSR count). The Morgan fingerprint density at radius 1 is 0.365 bits per heavy atom. The summed E-state index contributed by atoms with van der Waals surface area (Å²) in [5.41, 5.74) is 0. The summed E-state index contributed by atoms with van der Waals surface area (Å²) in [4.78, 5) is 111. The summed E-state index contributed by atoms with van der Waals surface area (Å²) in [6, 6.07) is 0. The van der Waals surface area contributed by atoms with Crippen molar-refractivity contribution in [3.8, 4) is 0 Å². The standard InChI is InChI=1S/C38H52O25/c1-14(39)48-11-24-27(51-16(3)41)30(54-19(6)44)33(56-21(8)46)36(60-24)50-13-26-29(53-18(5)43)32(35-37(61-26)59-23(10)58-35)63-38-34(57-22(9)47)31(55-20(7)45)28(52-17(4)42)25(62-38)12-49-15(2)40/h23-38H,11-13H2,1-10H3/t23?,24?,25?,26?,27-,28+,29-,30+,31-,32+,33-,34+,35-,36+,37-,38+/m1/s1. The summed E-state index contributed by atoms with van der Waals surface area (Å²) in [6.45, 7) is 9.18. The lowest BCUT2D eigenvalue weighted by molar-refractivity contribution is -0.352. The van der Waals surface area contributed by atoms with Crippen molar-refractivity contribution < 1.29 is 119 Å². The van der Waals surface area contributed by atoms with Gasteiger partial charge in [0.25, 0.3) is 0 Å². The molecule has 0 aromatic rings. The molecule has 354 valence electrons. The number of rotatable bonds is 16. The van der Waals surface area contributed by atoms with Crippen molar-refractivity contribution in [2.45, 2.75) is 168 Å². The highest BCUT2D eigenvalue weighted by molar-refractivity contribution is 5.70. The van der Waals surface area contributed by atoms with Gasteiger partial charge in [0.15, 0.2) is 67.9 Å². The molecule has 4 aliphatic heterocycles. The topological polar surface area (TPSA) is 301 Å². The van der Waals surface area contributed by atoms with Crippen molar-refractivity contribution in [2.75, 3.05) is 19.8 Å². The maximum Gasteiger partial charge on any atom is 0.303 e. The van der Waals surface area contributed by atoms with Crippen molar-refractivity contribution in [1.29, 1.82) is 0 Å². The zero-order valence-electron chi connectivity index (χ0n) is 36.1. The number of hydrogen-bond donors (Lipinski definition) is 0. The largest absolute Gasteiger partial charge is 0.463 e. The van der Waals surface area contributed by atoms with Crippen molar-refractivity contribution >= 4 is 53.7 Å². The lowest BCUT2D eigenvalue weighted by Gasteiger charge is -2.48. The van der Waals surface area contributed by atoms with E-state index >= 15 is 0 Å². The van der Waals surface area contributed by atoms with E-state index in [0.29, 0.717) is 0 Å². The minimum absolute atomic E-state index is 0.563. The molecule has 0 aromatic heterocycles. The van der Waals surface area contributed by atoms with E-state index in [4.69, 9.17) is 75.8 Å². The highest BCUT2D eigenvalue weighted by Gasteiger charge is 2.60. The van der Waals surface area contributed by atoms with E-state index in [1.165, 1.54) is 6.92 Å². The van der Waals surface area contributed by atoms with E-state index < -0.39 is 172 Å². The molecule has 4 unspecified atom stereocenters. The van der Waals surface area contributed by atoms with Gasteiger partial charge in [-0.05, 0) is 6.92 Å². The molecule has 0 spiro atoms. The summed E-state index contributed by atoms with van der Waals surface area (Å²) >= 11 is 0. The second-order valence-corrected chi connectivity index (χ2v) is 14.5. The Kier molecular flexibility index (Phi) is 18.1. The van der Waals surface area contributed by atoms with Gasteiger partial charge in [0.2, 0.25) is 0 Å². The van der Waals surface area contributed by atoms with E-state index in [0.717, 1.165) is 62.3 Å². The van der Waals surface area contributed by atoms with Crippen LogP contribution >= 0.6 is 0 Å². The molecule has 0 bridgehead atoms. The SMILES string of the molecule is CC(=O)OCC1O[C@H](OCC2O[C@H]3OC(C)O[C@@H]3[C@@H](O[C@@H]3OC(COC(C)=O)[C@H](OC(C)=O)[C@@H](OC(C)=O)[C@@H]3OC(C)=O)[C@@H]2OC(C)=O)[C@H](OC(C)=O)[C@@H](OC(C)=O)[C@@H]1OC(C)=O. The molecule has 0 amide bonds. The van der Waals surface area contributed by atoms with E-state index in [-0.39, 0.29) is 0 Å². The van der Waals surface area contributed by atoms with Gasteiger partial charge in [-0.15, -0.1) is 0 Å².